The highest BCUT2D eigenvalue weighted by atomic mass is 15.2. The maximum atomic E-state index is 3.78. The Balaban J connectivity index is 2.68. The summed E-state index contributed by atoms with van der Waals surface area (Å²) >= 11 is 0. The van der Waals surface area contributed by atoms with E-state index in [0.717, 1.165) is 12.5 Å². The summed E-state index contributed by atoms with van der Waals surface area (Å²) in [5, 5.41) is 3.78. The molecule has 0 radical (unpaired) electrons. The highest BCUT2D eigenvalue weighted by Gasteiger charge is 2.35. The average Bonchev–Trinajstić information content (AvgIpc) is 2.23. The minimum Gasteiger partial charge on any atom is -0.311 e. The fourth-order valence-electron chi connectivity index (χ4n) is 2.80. The number of rotatable bonds is 3. The Morgan fingerprint density at radius 1 is 1.11 bits per heavy atom. The van der Waals surface area contributed by atoms with Gasteiger partial charge in [0.2, 0.25) is 0 Å². The van der Waals surface area contributed by atoms with E-state index in [0.29, 0.717) is 22.9 Å². The molecule has 1 aliphatic rings. The zero-order valence-electron chi connectivity index (χ0n) is 14.5. The Hall–Kier alpha value is -0.0800. The van der Waals surface area contributed by atoms with Gasteiger partial charge in [0.1, 0.15) is 0 Å². The summed E-state index contributed by atoms with van der Waals surface area (Å²) in [6.07, 6.45) is 1.28. The third-order valence-corrected chi connectivity index (χ3v) is 4.42. The van der Waals surface area contributed by atoms with E-state index in [1.165, 1.54) is 19.5 Å². The maximum absolute atomic E-state index is 3.78. The first-order valence-electron chi connectivity index (χ1n) is 7.98. The zero-order valence-corrected chi connectivity index (χ0v) is 14.5. The van der Waals surface area contributed by atoms with Gasteiger partial charge in [-0.15, -0.1) is 0 Å². The first-order valence-corrected chi connectivity index (χ1v) is 7.98. The molecule has 114 valence electrons. The van der Waals surface area contributed by atoms with Gasteiger partial charge in [-0.05, 0) is 29.7 Å². The molecule has 0 aliphatic carbocycles. The molecule has 2 atom stereocenters. The Bertz CT molecular complexity index is 270. The smallest absolute Gasteiger partial charge is 0.0244 e. The minimum absolute atomic E-state index is 0.349. The third-order valence-electron chi connectivity index (χ3n) is 4.42. The lowest BCUT2D eigenvalue weighted by molar-refractivity contribution is 0.0550. The van der Waals surface area contributed by atoms with Crippen LogP contribution in [0.15, 0.2) is 0 Å². The van der Waals surface area contributed by atoms with E-state index in [9.17, 15) is 0 Å². The Morgan fingerprint density at radius 3 is 2.11 bits per heavy atom. The first kappa shape index (κ1) is 17.0. The summed E-state index contributed by atoms with van der Waals surface area (Å²) in [6.45, 7) is 22.4. The van der Waals surface area contributed by atoms with Crippen LogP contribution in [0.4, 0.5) is 0 Å². The molecule has 0 aromatic rings. The second kappa shape index (κ2) is 6.13. The van der Waals surface area contributed by atoms with E-state index in [1.54, 1.807) is 0 Å². The van der Waals surface area contributed by atoms with Crippen LogP contribution in [-0.2, 0) is 0 Å². The van der Waals surface area contributed by atoms with Gasteiger partial charge in [0, 0.05) is 25.2 Å². The van der Waals surface area contributed by atoms with Gasteiger partial charge in [0.15, 0.2) is 0 Å². The molecular formula is C17H36N2. The van der Waals surface area contributed by atoms with Crippen LogP contribution in [0.2, 0.25) is 0 Å². The summed E-state index contributed by atoms with van der Waals surface area (Å²) in [7, 11) is 0. The van der Waals surface area contributed by atoms with Crippen LogP contribution in [-0.4, -0.2) is 36.6 Å². The summed E-state index contributed by atoms with van der Waals surface area (Å²) < 4.78 is 0. The number of hydrogen-bond acceptors (Lipinski definition) is 2. The van der Waals surface area contributed by atoms with Crippen LogP contribution in [0.5, 0.6) is 0 Å². The lowest BCUT2D eigenvalue weighted by Crippen LogP contribution is -2.61. The molecule has 2 heteroatoms. The van der Waals surface area contributed by atoms with Gasteiger partial charge in [0.25, 0.3) is 0 Å². The molecule has 0 saturated carbocycles. The van der Waals surface area contributed by atoms with E-state index in [2.05, 4.69) is 65.6 Å². The van der Waals surface area contributed by atoms with Crippen LogP contribution in [0, 0.1) is 16.7 Å². The Kier molecular flexibility index (Phi) is 5.48. The van der Waals surface area contributed by atoms with Crippen molar-refractivity contribution < 1.29 is 0 Å². The number of nitrogens with zero attached hydrogens (tertiary/aromatic N) is 1. The predicted octanol–water partition coefficient (Wildman–Crippen LogP) is 3.77. The van der Waals surface area contributed by atoms with Crippen molar-refractivity contribution in [2.75, 3.05) is 19.6 Å². The molecular weight excluding hydrogens is 232 g/mol. The van der Waals surface area contributed by atoms with Gasteiger partial charge < -0.3 is 5.32 Å². The molecule has 1 N–H and O–H groups in total. The van der Waals surface area contributed by atoms with Crippen LogP contribution >= 0.6 is 0 Å². The van der Waals surface area contributed by atoms with E-state index in [-0.39, 0.29) is 0 Å². The summed E-state index contributed by atoms with van der Waals surface area (Å²) in [6, 6.07) is 1.31. The quantitative estimate of drug-likeness (QED) is 0.838. The maximum Gasteiger partial charge on any atom is 0.0244 e. The molecule has 0 amide bonds. The molecule has 2 unspecified atom stereocenters. The molecule has 0 bridgehead atoms. The number of hydrogen-bond donors (Lipinski definition) is 1. The average molecular weight is 268 g/mol. The molecule has 0 aromatic carbocycles. The number of piperazine rings is 1. The predicted molar refractivity (Wildman–Crippen MR) is 85.5 cm³/mol. The van der Waals surface area contributed by atoms with Crippen molar-refractivity contribution in [2.45, 2.75) is 73.9 Å². The van der Waals surface area contributed by atoms with Gasteiger partial charge in [-0.2, -0.15) is 0 Å². The topological polar surface area (TPSA) is 15.3 Å². The highest BCUT2D eigenvalue weighted by Crippen LogP contribution is 2.27. The van der Waals surface area contributed by atoms with Crippen molar-refractivity contribution in [3.8, 4) is 0 Å². The molecule has 2 nitrogen and oxygen atoms in total. The fourth-order valence-corrected chi connectivity index (χ4v) is 2.80. The van der Waals surface area contributed by atoms with Gasteiger partial charge in [0.05, 0.1) is 0 Å². The van der Waals surface area contributed by atoms with E-state index in [1.807, 2.05) is 0 Å². The molecule has 1 aliphatic heterocycles. The summed E-state index contributed by atoms with van der Waals surface area (Å²) in [5.74, 6) is 0.730. The Morgan fingerprint density at radius 2 is 1.68 bits per heavy atom. The monoisotopic (exact) mass is 268 g/mol. The highest BCUT2D eigenvalue weighted by molar-refractivity contribution is 4.93. The van der Waals surface area contributed by atoms with Gasteiger partial charge >= 0.3 is 0 Å². The summed E-state index contributed by atoms with van der Waals surface area (Å²) in [5.41, 5.74) is 0.783. The van der Waals surface area contributed by atoms with Crippen molar-refractivity contribution in [1.82, 2.24) is 10.2 Å². The Labute approximate surface area is 121 Å². The van der Waals surface area contributed by atoms with E-state index < -0.39 is 0 Å². The normalized spacial score (nSPS) is 27.0. The van der Waals surface area contributed by atoms with Crippen LogP contribution in [0.1, 0.15) is 61.8 Å². The van der Waals surface area contributed by atoms with Crippen molar-refractivity contribution >= 4 is 0 Å². The second-order valence-corrected chi connectivity index (χ2v) is 8.94. The van der Waals surface area contributed by atoms with Crippen molar-refractivity contribution in [3.63, 3.8) is 0 Å². The SMILES string of the molecule is CC(C)C1CNC(C(C)(C)C)CN1CCC(C)(C)C. The number of nitrogens with one attached hydrogen (secondary N) is 1. The lowest BCUT2D eigenvalue weighted by atomic mass is 9.83. The second-order valence-electron chi connectivity index (χ2n) is 8.94. The largest absolute Gasteiger partial charge is 0.311 e. The van der Waals surface area contributed by atoms with E-state index >= 15 is 0 Å². The molecule has 19 heavy (non-hydrogen) atoms. The molecule has 0 aromatic heterocycles. The van der Waals surface area contributed by atoms with Gasteiger partial charge in [-0.3, -0.25) is 4.90 Å². The molecule has 1 saturated heterocycles. The van der Waals surface area contributed by atoms with Crippen LogP contribution < -0.4 is 5.32 Å². The lowest BCUT2D eigenvalue weighted by Gasteiger charge is -2.47. The van der Waals surface area contributed by atoms with Crippen LogP contribution in [0.3, 0.4) is 0 Å². The van der Waals surface area contributed by atoms with E-state index in [4.69, 9.17) is 0 Å². The first-order chi connectivity index (χ1) is 8.50. The third kappa shape index (κ3) is 5.43. The standard InChI is InChI=1S/C17H36N2/c1-13(2)14-11-18-15(17(6,7)8)12-19(14)10-9-16(3,4)5/h13-15,18H,9-12H2,1-8H3. The van der Waals surface area contributed by atoms with Crippen molar-refractivity contribution in [2.24, 2.45) is 16.7 Å². The molecule has 0 spiro atoms. The van der Waals surface area contributed by atoms with Crippen molar-refractivity contribution in [1.29, 1.82) is 0 Å². The fraction of sp³-hybridized carbons (Fsp3) is 1.00. The van der Waals surface area contributed by atoms with Gasteiger partial charge in [-0.1, -0.05) is 55.4 Å². The molecule has 1 fully saturated rings. The van der Waals surface area contributed by atoms with Gasteiger partial charge in [-0.25, -0.2) is 0 Å². The van der Waals surface area contributed by atoms with Crippen molar-refractivity contribution in [3.05, 3.63) is 0 Å². The molecule has 1 rings (SSSR count). The molecule has 1 heterocycles. The zero-order chi connectivity index (χ0) is 14.8. The minimum atomic E-state index is 0.349. The van der Waals surface area contributed by atoms with Crippen LogP contribution in [0.25, 0.3) is 0 Å². The summed E-state index contributed by atoms with van der Waals surface area (Å²) in [4.78, 5) is 2.74.